The monoisotopic (exact) mass is 375 g/mol. The van der Waals surface area contributed by atoms with E-state index in [0.29, 0.717) is 23.8 Å². The van der Waals surface area contributed by atoms with Gasteiger partial charge in [0.15, 0.2) is 17.5 Å². The molecule has 148 valence electrons. The third kappa shape index (κ3) is 6.58. The van der Waals surface area contributed by atoms with Gasteiger partial charge in [-0.3, -0.25) is 10.1 Å². The minimum atomic E-state index is -0.505. The SMILES string of the molecule is COc1ccc(CC(=O)NC(N)=NC(C=O)CC2CCCCC2)cc1OC. The maximum Gasteiger partial charge on any atom is 0.231 e. The highest BCUT2D eigenvalue weighted by atomic mass is 16.5. The van der Waals surface area contributed by atoms with Crippen molar-refractivity contribution >= 4 is 18.2 Å². The van der Waals surface area contributed by atoms with Crippen LogP contribution in [-0.4, -0.2) is 38.4 Å². The normalized spacial score (nSPS) is 16.4. The summed E-state index contributed by atoms with van der Waals surface area (Å²) in [5.74, 6) is 1.34. The summed E-state index contributed by atoms with van der Waals surface area (Å²) in [5.41, 5.74) is 6.58. The van der Waals surface area contributed by atoms with Gasteiger partial charge in [-0.15, -0.1) is 0 Å². The van der Waals surface area contributed by atoms with Crippen molar-refractivity contribution in [3.05, 3.63) is 23.8 Å². The van der Waals surface area contributed by atoms with E-state index in [2.05, 4.69) is 10.3 Å². The van der Waals surface area contributed by atoms with Crippen molar-refractivity contribution in [3.63, 3.8) is 0 Å². The third-order valence-electron chi connectivity index (χ3n) is 4.84. The lowest BCUT2D eigenvalue weighted by Gasteiger charge is -2.22. The molecule has 1 saturated carbocycles. The molecule has 0 bridgehead atoms. The Bertz CT molecular complexity index is 669. The zero-order chi connectivity index (χ0) is 19.6. The Labute approximate surface area is 160 Å². The standard InChI is InChI=1S/C20H29N3O4/c1-26-17-9-8-15(11-18(17)27-2)12-19(25)23-20(21)22-16(13-24)10-14-6-4-3-5-7-14/h8-9,11,13-14,16H,3-7,10,12H2,1-2H3,(H3,21,22,23,25). The predicted octanol–water partition coefficient (Wildman–Crippen LogP) is 2.22. The zero-order valence-electron chi connectivity index (χ0n) is 16.1. The number of nitrogens with two attached hydrogens (primary N) is 1. The molecule has 0 radical (unpaired) electrons. The van der Waals surface area contributed by atoms with Crippen LogP contribution in [0, 0.1) is 5.92 Å². The molecule has 1 aromatic rings. The van der Waals surface area contributed by atoms with Crippen molar-refractivity contribution in [3.8, 4) is 11.5 Å². The number of carbonyl (C=O) groups excluding carboxylic acids is 2. The Morgan fingerprint density at radius 2 is 1.96 bits per heavy atom. The molecule has 1 unspecified atom stereocenters. The molecular formula is C20H29N3O4. The fourth-order valence-corrected chi connectivity index (χ4v) is 3.48. The van der Waals surface area contributed by atoms with Crippen molar-refractivity contribution < 1.29 is 19.1 Å². The lowest BCUT2D eigenvalue weighted by molar-refractivity contribution is -0.119. The van der Waals surface area contributed by atoms with E-state index in [-0.39, 0.29) is 18.3 Å². The number of benzene rings is 1. The van der Waals surface area contributed by atoms with Gasteiger partial charge in [0.05, 0.1) is 20.6 Å². The molecule has 1 aromatic carbocycles. The summed E-state index contributed by atoms with van der Waals surface area (Å²) < 4.78 is 10.4. The number of aliphatic imine (C=N–C) groups is 1. The molecule has 3 N–H and O–H groups in total. The van der Waals surface area contributed by atoms with Crippen LogP contribution >= 0.6 is 0 Å². The van der Waals surface area contributed by atoms with Crippen molar-refractivity contribution in [1.82, 2.24) is 5.32 Å². The van der Waals surface area contributed by atoms with Crippen molar-refractivity contribution in [1.29, 1.82) is 0 Å². The number of hydrogen-bond donors (Lipinski definition) is 2. The molecule has 0 aromatic heterocycles. The molecule has 0 heterocycles. The van der Waals surface area contributed by atoms with Crippen LogP contribution in [0.25, 0.3) is 0 Å². The Hall–Kier alpha value is -2.57. The van der Waals surface area contributed by atoms with Crippen LogP contribution in [0.1, 0.15) is 44.1 Å². The second-order valence-corrected chi connectivity index (χ2v) is 6.87. The van der Waals surface area contributed by atoms with E-state index >= 15 is 0 Å². The number of methoxy groups -OCH3 is 2. The number of nitrogens with one attached hydrogen (secondary N) is 1. The van der Waals surface area contributed by atoms with Crippen LogP contribution in [0.4, 0.5) is 0 Å². The molecule has 7 nitrogen and oxygen atoms in total. The first kappa shape index (κ1) is 20.7. The predicted molar refractivity (Wildman–Crippen MR) is 104 cm³/mol. The highest BCUT2D eigenvalue weighted by molar-refractivity contribution is 5.97. The molecule has 1 atom stereocenters. The van der Waals surface area contributed by atoms with Gasteiger partial charge < -0.3 is 20.0 Å². The zero-order valence-corrected chi connectivity index (χ0v) is 16.1. The first-order valence-corrected chi connectivity index (χ1v) is 9.35. The van der Waals surface area contributed by atoms with Gasteiger partial charge in [0.25, 0.3) is 0 Å². The average molecular weight is 375 g/mol. The summed E-state index contributed by atoms with van der Waals surface area (Å²) in [6, 6.07) is 4.76. The molecule has 0 aliphatic heterocycles. The van der Waals surface area contributed by atoms with Crippen LogP contribution in [0.5, 0.6) is 11.5 Å². The fourth-order valence-electron chi connectivity index (χ4n) is 3.48. The lowest BCUT2D eigenvalue weighted by atomic mass is 9.85. The van der Waals surface area contributed by atoms with E-state index < -0.39 is 6.04 Å². The number of aldehydes is 1. The molecule has 1 fully saturated rings. The Morgan fingerprint density at radius 1 is 1.26 bits per heavy atom. The van der Waals surface area contributed by atoms with Gasteiger partial charge in [-0.2, -0.15) is 0 Å². The van der Waals surface area contributed by atoms with E-state index in [1.165, 1.54) is 26.4 Å². The lowest BCUT2D eigenvalue weighted by Crippen LogP contribution is -2.39. The van der Waals surface area contributed by atoms with E-state index in [0.717, 1.165) is 24.7 Å². The Morgan fingerprint density at radius 3 is 2.59 bits per heavy atom. The quantitative estimate of drug-likeness (QED) is 0.412. The van der Waals surface area contributed by atoms with E-state index in [1.807, 2.05) is 0 Å². The largest absolute Gasteiger partial charge is 0.493 e. The van der Waals surface area contributed by atoms with Crippen LogP contribution < -0.4 is 20.5 Å². The number of hydrogen-bond acceptors (Lipinski definition) is 5. The topological polar surface area (TPSA) is 103 Å². The molecule has 7 heteroatoms. The van der Waals surface area contributed by atoms with Gasteiger partial charge >= 0.3 is 0 Å². The molecule has 2 rings (SSSR count). The van der Waals surface area contributed by atoms with E-state index in [9.17, 15) is 9.59 Å². The summed E-state index contributed by atoms with van der Waals surface area (Å²) >= 11 is 0. The van der Waals surface area contributed by atoms with Crippen molar-refractivity contribution in [2.75, 3.05) is 14.2 Å². The Balaban J connectivity index is 1.91. The summed E-state index contributed by atoms with van der Waals surface area (Å²) in [5, 5.41) is 2.55. The summed E-state index contributed by atoms with van der Waals surface area (Å²) in [4.78, 5) is 27.7. The van der Waals surface area contributed by atoms with Gasteiger partial charge in [0, 0.05) is 0 Å². The van der Waals surface area contributed by atoms with Gasteiger partial charge in [-0.25, -0.2) is 4.99 Å². The highest BCUT2D eigenvalue weighted by Crippen LogP contribution is 2.28. The van der Waals surface area contributed by atoms with Crippen LogP contribution in [0.3, 0.4) is 0 Å². The summed E-state index contributed by atoms with van der Waals surface area (Å²) in [7, 11) is 3.09. The van der Waals surface area contributed by atoms with Crippen molar-refractivity contribution in [2.45, 2.75) is 51.0 Å². The third-order valence-corrected chi connectivity index (χ3v) is 4.84. The second-order valence-electron chi connectivity index (χ2n) is 6.87. The van der Waals surface area contributed by atoms with Crippen molar-refractivity contribution in [2.24, 2.45) is 16.6 Å². The smallest absolute Gasteiger partial charge is 0.231 e. The van der Waals surface area contributed by atoms with Gasteiger partial charge in [0.1, 0.15) is 12.3 Å². The van der Waals surface area contributed by atoms with Gasteiger partial charge in [0.2, 0.25) is 5.91 Å². The number of guanidine groups is 1. The first-order valence-electron chi connectivity index (χ1n) is 9.35. The molecule has 1 aliphatic rings. The molecule has 1 amide bonds. The number of rotatable bonds is 8. The number of amides is 1. The maximum absolute atomic E-state index is 12.2. The Kier molecular flexibility index (Phi) is 8.10. The first-order chi connectivity index (χ1) is 13.0. The van der Waals surface area contributed by atoms with Gasteiger partial charge in [-0.1, -0.05) is 38.2 Å². The summed E-state index contributed by atoms with van der Waals surface area (Å²) in [6.45, 7) is 0. The van der Waals surface area contributed by atoms with Gasteiger partial charge in [-0.05, 0) is 30.0 Å². The molecule has 1 aliphatic carbocycles. The second kappa shape index (κ2) is 10.5. The van der Waals surface area contributed by atoms with E-state index in [4.69, 9.17) is 15.2 Å². The van der Waals surface area contributed by atoms with Crippen LogP contribution in [0.2, 0.25) is 0 Å². The number of nitrogens with zero attached hydrogens (tertiary/aromatic N) is 1. The summed E-state index contributed by atoms with van der Waals surface area (Å²) in [6.07, 6.45) is 7.55. The minimum Gasteiger partial charge on any atom is -0.493 e. The average Bonchev–Trinajstić information content (AvgIpc) is 2.67. The highest BCUT2D eigenvalue weighted by Gasteiger charge is 2.19. The number of ether oxygens (including phenoxy) is 2. The molecule has 0 spiro atoms. The fraction of sp³-hybridized carbons (Fsp3) is 0.550. The molecular weight excluding hydrogens is 346 g/mol. The molecule has 27 heavy (non-hydrogen) atoms. The maximum atomic E-state index is 12.2. The van der Waals surface area contributed by atoms with Crippen LogP contribution in [0.15, 0.2) is 23.2 Å². The number of carbonyl (C=O) groups is 2. The van der Waals surface area contributed by atoms with E-state index in [1.54, 1.807) is 25.3 Å². The molecule has 0 saturated heterocycles. The van der Waals surface area contributed by atoms with Crippen LogP contribution in [-0.2, 0) is 16.0 Å². The minimum absolute atomic E-state index is 0.0200.